The summed E-state index contributed by atoms with van der Waals surface area (Å²) in [6.07, 6.45) is 1.29. The van der Waals surface area contributed by atoms with Gasteiger partial charge in [-0.05, 0) is 36.4 Å². The first-order chi connectivity index (χ1) is 12.5. The molecule has 0 heterocycles. The second kappa shape index (κ2) is 9.02. The smallest absolute Gasteiger partial charge is 0.311 e. The summed E-state index contributed by atoms with van der Waals surface area (Å²) < 4.78 is 15.2. The normalized spacial score (nSPS) is 10.4. The molecule has 1 amide bonds. The minimum Gasteiger partial charge on any atom is -0.497 e. The molecule has 0 aliphatic rings. The summed E-state index contributed by atoms with van der Waals surface area (Å²) >= 11 is 0. The number of methoxy groups -OCH3 is 2. The Balaban J connectivity index is 1.88. The van der Waals surface area contributed by atoms with Crippen LogP contribution >= 0.6 is 0 Å². The lowest BCUT2D eigenvalue weighted by Gasteiger charge is -2.06. The minimum atomic E-state index is -0.558. The predicted molar refractivity (Wildman–Crippen MR) is 93.9 cm³/mol. The summed E-state index contributed by atoms with van der Waals surface area (Å²) in [5.41, 5.74) is 2.53. The first kappa shape index (κ1) is 18.7. The van der Waals surface area contributed by atoms with E-state index >= 15 is 0 Å². The molecule has 2 aromatic carbocycles. The molecule has 2 aromatic rings. The fourth-order valence-electron chi connectivity index (χ4n) is 1.96. The highest BCUT2D eigenvalue weighted by Crippen LogP contribution is 2.26. The van der Waals surface area contributed by atoms with Crippen molar-refractivity contribution in [2.45, 2.75) is 0 Å². The number of nitro benzene ring substituents is 1. The van der Waals surface area contributed by atoms with E-state index in [2.05, 4.69) is 10.5 Å². The second-order valence-corrected chi connectivity index (χ2v) is 4.95. The number of hydrogen-bond acceptors (Lipinski definition) is 7. The molecule has 0 fully saturated rings. The third kappa shape index (κ3) is 5.20. The van der Waals surface area contributed by atoms with E-state index in [1.807, 2.05) is 0 Å². The molecule has 0 aromatic heterocycles. The van der Waals surface area contributed by atoms with Crippen LogP contribution in [0.25, 0.3) is 0 Å². The topological polar surface area (TPSA) is 112 Å². The van der Waals surface area contributed by atoms with E-state index in [1.54, 1.807) is 37.4 Å². The Morgan fingerprint density at radius 3 is 2.46 bits per heavy atom. The Kier molecular flexibility index (Phi) is 6.49. The van der Waals surface area contributed by atoms with Crippen molar-refractivity contribution in [3.8, 4) is 17.2 Å². The summed E-state index contributed by atoms with van der Waals surface area (Å²) in [6.45, 7) is -0.230. The number of nitrogens with zero attached hydrogens (tertiary/aromatic N) is 2. The van der Waals surface area contributed by atoms with Crippen LogP contribution in [0.1, 0.15) is 5.56 Å². The predicted octanol–water partition coefficient (Wildman–Crippen LogP) is 2.14. The lowest BCUT2D eigenvalue weighted by molar-refractivity contribution is -0.385. The average Bonchev–Trinajstić information content (AvgIpc) is 2.66. The van der Waals surface area contributed by atoms with Crippen LogP contribution in [0.4, 0.5) is 5.69 Å². The molecule has 9 heteroatoms. The number of nitro groups is 1. The molecule has 0 saturated carbocycles. The largest absolute Gasteiger partial charge is 0.497 e. The number of hydrazone groups is 1. The third-order valence-corrected chi connectivity index (χ3v) is 3.23. The number of rotatable bonds is 8. The molecule has 1 N–H and O–H groups in total. The number of amides is 1. The zero-order valence-electron chi connectivity index (χ0n) is 14.2. The zero-order valence-corrected chi connectivity index (χ0v) is 14.2. The standard InChI is InChI=1S/C17H17N3O6/c1-24-13-4-6-14(7-5-13)26-11-17(21)19-18-10-12-3-8-16(25-2)15(9-12)20(22)23/h3-10H,11H2,1-2H3,(H,19,21)/b18-10+. The number of carbonyl (C=O) groups excluding carboxylic acids is 1. The maximum atomic E-state index is 11.7. The van der Waals surface area contributed by atoms with Crippen molar-refractivity contribution in [2.75, 3.05) is 20.8 Å². The van der Waals surface area contributed by atoms with Gasteiger partial charge in [0.05, 0.1) is 25.4 Å². The van der Waals surface area contributed by atoms with Crippen molar-refractivity contribution >= 4 is 17.8 Å². The van der Waals surface area contributed by atoms with E-state index in [0.29, 0.717) is 17.1 Å². The Labute approximate surface area is 149 Å². The highest BCUT2D eigenvalue weighted by molar-refractivity contribution is 5.84. The fourth-order valence-corrected chi connectivity index (χ4v) is 1.96. The molecule has 26 heavy (non-hydrogen) atoms. The van der Waals surface area contributed by atoms with E-state index in [0.717, 1.165) is 0 Å². The van der Waals surface area contributed by atoms with Gasteiger partial charge in [-0.25, -0.2) is 5.43 Å². The molecule has 136 valence electrons. The number of hydrogen-bond donors (Lipinski definition) is 1. The van der Waals surface area contributed by atoms with Gasteiger partial charge in [0.1, 0.15) is 11.5 Å². The molecule has 0 atom stereocenters. The van der Waals surface area contributed by atoms with E-state index in [9.17, 15) is 14.9 Å². The van der Waals surface area contributed by atoms with Crippen LogP contribution in [-0.4, -0.2) is 37.9 Å². The van der Waals surface area contributed by atoms with E-state index in [-0.39, 0.29) is 18.0 Å². The van der Waals surface area contributed by atoms with Gasteiger partial charge in [0.2, 0.25) is 0 Å². The molecule has 9 nitrogen and oxygen atoms in total. The average molecular weight is 359 g/mol. The molecule has 2 rings (SSSR count). The van der Waals surface area contributed by atoms with Gasteiger partial charge in [-0.1, -0.05) is 0 Å². The van der Waals surface area contributed by atoms with Gasteiger partial charge in [0, 0.05) is 11.6 Å². The fraction of sp³-hybridized carbons (Fsp3) is 0.176. The van der Waals surface area contributed by atoms with Crippen molar-refractivity contribution in [1.29, 1.82) is 0 Å². The SMILES string of the molecule is COc1ccc(OCC(=O)N/N=C/c2ccc(OC)c([N+](=O)[O-])c2)cc1. The molecule has 0 aliphatic heterocycles. The van der Waals surface area contributed by atoms with Crippen molar-refractivity contribution in [3.63, 3.8) is 0 Å². The minimum absolute atomic E-state index is 0.143. The van der Waals surface area contributed by atoms with Crippen LogP contribution in [0.3, 0.4) is 0 Å². The van der Waals surface area contributed by atoms with E-state index in [4.69, 9.17) is 14.2 Å². The highest BCUT2D eigenvalue weighted by atomic mass is 16.6. The number of ether oxygens (including phenoxy) is 3. The van der Waals surface area contributed by atoms with Gasteiger partial charge in [0.15, 0.2) is 12.4 Å². The summed E-state index contributed by atoms with van der Waals surface area (Å²) in [4.78, 5) is 22.1. The summed E-state index contributed by atoms with van der Waals surface area (Å²) in [5.74, 6) is 0.861. The van der Waals surface area contributed by atoms with E-state index < -0.39 is 10.8 Å². The van der Waals surface area contributed by atoms with Crippen LogP contribution in [0.2, 0.25) is 0 Å². The van der Waals surface area contributed by atoms with Gasteiger partial charge >= 0.3 is 5.69 Å². The third-order valence-electron chi connectivity index (χ3n) is 3.23. The maximum Gasteiger partial charge on any atom is 0.311 e. The quantitative estimate of drug-likeness (QED) is 0.439. The molecule has 0 unspecified atom stereocenters. The lowest BCUT2D eigenvalue weighted by Crippen LogP contribution is -2.24. The van der Waals surface area contributed by atoms with E-state index in [1.165, 1.54) is 25.5 Å². The van der Waals surface area contributed by atoms with Crippen molar-refractivity contribution < 1.29 is 23.9 Å². The summed E-state index contributed by atoms with van der Waals surface area (Å²) in [6, 6.07) is 11.1. The van der Waals surface area contributed by atoms with Gasteiger partial charge in [-0.2, -0.15) is 5.10 Å². The van der Waals surface area contributed by atoms with Crippen molar-refractivity contribution in [1.82, 2.24) is 5.43 Å². The Bertz CT molecular complexity index is 805. The Hall–Kier alpha value is -3.62. The molecular formula is C17H17N3O6. The van der Waals surface area contributed by atoms with Crippen LogP contribution < -0.4 is 19.6 Å². The Morgan fingerprint density at radius 1 is 1.15 bits per heavy atom. The molecule has 0 radical (unpaired) electrons. The lowest BCUT2D eigenvalue weighted by atomic mass is 10.2. The molecule has 0 spiro atoms. The van der Waals surface area contributed by atoms with Crippen LogP contribution in [0.15, 0.2) is 47.6 Å². The van der Waals surface area contributed by atoms with Crippen LogP contribution in [-0.2, 0) is 4.79 Å². The van der Waals surface area contributed by atoms with Crippen LogP contribution in [0, 0.1) is 10.1 Å². The molecular weight excluding hydrogens is 342 g/mol. The zero-order chi connectivity index (χ0) is 18.9. The number of carbonyl (C=O) groups is 1. The Morgan fingerprint density at radius 2 is 1.85 bits per heavy atom. The first-order valence-electron chi connectivity index (χ1n) is 7.44. The molecule has 0 aliphatic carbocycles. The molecule has 0 saturated heterocycles. The number of nitrogens with one attached hydrogen (secondary N) is 1. The van der Waals surface area contributed by atoms with Crippen molar-refractivity contribution in [3.05, 3.63) is 58.1 Å². The number of benzene rings is 2. The van der Waals surface area contributed by atoms with Gasteiger partial charge in [0.25, 0.3) is 5.91 Å². The van der Waals surface area contributed by atoms with Crippen LogP contribution in [0.5, 0.6) is 17.2 Å². The monoisotopic (exact) mass is 359 g/mol. The van der Waals surface area contributed by atoms with Gasteiger partial charge in [-0.15, -0.1) is 0 Å². The first-order valence-corrected chi connectivity index (χ1v) is 7.44. The second-order valence-electron chi connectivity index (χ2n) is 4.95. The molecule has 0 bridgehead atoms. The van der Waals surface area contributed by atoms with Gasteiger partial charge in [-0.3, -0.25) is 14.9 Å². The summed E-state index contributed by atoms with van der Waals surface area (Å²) in [7, 11) is 2.90. The highest BCUT2D eigenvalue weighted by Gasteiger charge is 2.14. The summed E-state index contributed by atoms with van der Waals surface area (Å²) in [5, 5.41) is 14.7. The van der Waals surface area contributed by atoms with Crippen molar-refractivity contribution in [2.24, 2.45) is 5.10 Å². The maximum absolute atomic E-state index is 11.7. The van der Waals surface area contributed by atoms with Gasteiger partial charge < -0.3 is 14.2 Å².